The van der Waals surface area contributed by atoms with Gasteiger partial charge in [-0.05, 0) is 0 Å². The van der Waals surface area contributed by atoms with E-state index in [-0.39, 0.29) is 0 Å². The molecule has 0 aliphatic carbocycles. The Bertz CT molecular complexity index is 1220. The second-order valence-electron chi connectivity index (χ2n) is 14.2. The van der Waals surface area contributed by atoms with E-state index in [1.54, 1.807) is 0 Å². The predicted octanol–water partition coefficient (Wildman–Crippen LogP) is -11.3. The van der Waals surface area contributed by atoms with Crippen molar-refractivity contribution < 1.29 is 129 Å². The number of hydrogen-bond acceptors (Lipinski definition) is 26. The van der Waals surface area contributed by atoms with Crippen molar-refractivity contribution in [3.05, 3.63) is 0 Å². The van der Waals surface area contributed by atoms with Gasteiger partial charge in [0.05, 0.1) is 33.0 Å². The van der Waals surface area contributed by atoms with Gasteiger partial charge in [-0.3, -0.25) is 0 Å². The first-order valence-electron chi connectivity index (χ1n) is 18.0. The van der Waals surface area contributed by atoms with E-state index in [9.17, 15) is 81.7 Å². The Labute approximate surface area is 323 Å². The largest absolute Gasteiger partial charge is 0.394 e. The van der Waals surface area contributed by atoms with Gasteiger partial charge in [0.1, 0.15) is 122 Å². The molecule has 0 aromatic heterocycles. The molecule has 5 aliphatic rings. The third-order valence-corrected chi connectivity index (χ3v) is 10.5. The average Bonchev–Trinajstić information content (AvgIpc) is 3.20. The van der Waals surface area contributed by atoms with E-state index in [1.165, 1.54) is 0 Å². The third-order valence-electron chi connectivity index (χ3n) is 10.5. The van der Waals surface area contributed by atoms with Gasteiger partial charge < -0.3 is 129 Å². The number of rotatable bonds is 14. The zero-order valence-electron chi connectivity index (χ0n) is 30.2. The van der Waals surface area contributed by atoms with Crippen LogP contribution in [0.3, 0.4) is 0 Å². The van der Waals surface area contributed by atoms with Gasteiger partial charge in [0.25, 0.3) is 0 Å². The average molecular weight is 843 g/mol. The molecule has 0 aromatic carbocycles. The molecule has 0 spiro atoms. The lowest BCUT2D eigenvalue weighted by Gasteiger charge is -2.49. The maximum Gasteiger partial charge on any atom is 0.187 e. The molecule has 16 N–H and O–H groups in total. The van der Waals surface area contributed by atoms with Gasteiger partial charge in [0.2, 0.25) is 0 Å². The zero-order valence-corrected chi connectivity index (χ0v) is 30.2. The lowest BCUT2D eigenvalue weighted by molar-refractivity contribution is -0.392. The van der Waals surface area contributed by atoms with Crippen molar-refractivity contribution in [3.8, 4) is 0 Å². The molecule has 0 bridgehead atoms. The van der Waals surface area contributed by atoms with Gasteiger partial charge in [0, 0.05) is 7.11 Å². The number of ether oxygens (including phenoxy) is 10. The van der Waals surface area contributed by atoms with E-state index >= 15 is 0 Å². The summed E-state index contributed by atoms with van der Waals surface area (Å²) in [7, 11) is 1.10. The molecule has 0 aromatic rings. The molecule has 26 nitrogen and oxygen atoms in total. The van der Waals surface area contributed by atoms with E-state index in [1.807, 2.05) is 0 Å². The zero-order chi connectivity index (χ0) is 42.0. The van der Waals surface area contributed by atoms with Crippen LogP contribution < -0.4 is 0 Å². The second-order valence-corrected chi connectivity index (χ2v) is 14.2. The number of aliphatic hydroxyl groups excluding tert-OH is 16. The van der Waals surface area contributed by atoms with Crippen molar-refractivity contribution in [2.24, 2.45) is 0 Å². The Balaban J connectivity index is 1.34. The van der Waals surface area contributed by atoms with Crippen molar-refractivity contribution in [1.29, 1.82) is 0 Å². The Morgan fingerprint density at radius 2 is 0.684 bits per heavy atom. The highest BCUT2D eigenvalue weighted by Crippen LogP contribution is 2.35. The smallest absolute Gasteiger partial charge is 0.187 e. The Kier molecular flexibility index (Phi) is 16.7. The van der Waals surface area contributed by atoms with Gasteiger partial charge >= 0.3 is 0 Å². The first-order valence-corrected chi connectivity index (χ1v) is 18.0. The molecule has 25 atom stereocenters. The highest BCUT2D eigenvalue weighted by atomic mass is 16.8. The molecule has 0 amide bonds. The lowest BCUT2D eigenvalue weighted by Crippen LogP contribution is -2.67. The topological polar surface area (TPSA) is 416 Å². The summed E-state index contributed by atoms with van der Waals surface area (Å²) in [5.74, 6) is 0. The van der Waals surface area contributed by atoms with Crippen molar-refractivity contribution >= 4 is 0 Å². The first-order chi connectivity index (χ1) is 27.0. The van der Waals surface area contributed by atoms with E-state index in [0.717, 1.165) is 7.11 Å². The van der Waals surface area contributed by atoms with Crippen LogP contribution >= 0.6 is 0 Å². The molecule has 0 saturated carbocycles. The van der Waals surface area contributed by atoms with Crippen LogP contribution in [0.2, 0.25) is 0 Å². The summed E-state index contributed by atoms with van der Waals surface area (Å²) in [6.07, 6.45) is -45.0. The van der Waals surface area contributed by atoms with Crippen LogP contribution in [0.25, 0.3) is 0 Å². The lowest BCUT2D eigenvalue weighted by atomic mass is 9.96. The van der Waals surface area contributed by atoms with Crippen LogP contribution in [0.1, 0.15) is 0 Å². The van der Waals surface area contributed by atoms with Gasteiger partial charge in [-0.25, -0.2) is 0 Å². The molecule has 5 rings (SSSR count). The molecule has 0 unspecified atom stereocenters. The summed E-state index contributed by atoms with van der Waals surface area (Å²) in [5, 5.41) is 166. The fraction of sp³-hybridized carbons (Fsp3) is 1.00. The monoisotopic (exact) mass is 842 g/mol. The molecule has 334 valence electrons. The summed E-state index contributed by atoms with van der Waals surface area (Å²) < 4.78 is 55.6. The highest BCUT2D eigenvalue weighted by Gasteiger charge is 2.55. The summed E-state index contributed by atoms with van der Waals surface area (Å²) in [4.78, 5) is 0. The van der Waals surface area contributed by atoms with Crippen LogP contribution in [-0.2, 0) is 47.4 Å². The van der Waals surface area contributed by atoms with E-state index in [4.69, 9.17) is 47.4 Å². The van der Waals surface area contributed by atoms with Crippen molar-refractivity contribution in [3.63, 3.8) is 0 Å². The van der Waals surface area contributed by atoms with Crippen molar-refractivity contribution in [1.82, 2.24) is 0 Å². The molecule has 5 heterocycles. The van der Waals surface area contributed by atoms with Crippen LogP contribution in [-0.4, -0.2) is 275 Å². The molecule has 26 heteroatoms. The minimum absolute atomic E-state index is 0.759. The molecule has 57 heavy (non-hydrogen) atoms. The Hall–Kier alpha value is -1.04. The first kappa shape index (κ1) is 47.0. The summed E-state index contributed by atoms with van der Waals surface area (Å²) >= 11 is 0. The van der Waals surface area contributed by atoms with Gasteiger partial charge in [-0.1, -0.05) is 0 Å². The van der Waals surface area contributed by atoms with Crippen LogP contribution in [0.15, 0.2) is 0 Å². The SMILES string of the molecule is CO[C@H]1O[C@H](CO[C@H]2O[C@H](CO)[C@@H](O)[C@H](O)[C@@H]2O[C@H]2O[C@H](CO)[C@@H](O)[C@H](O)[C@@H]2O)[C@@H](O)[C@H](O[C@H]2O[C@H](CO)[C@H](O)[C@@H](O)[C@@H]2O[C@@H]2O[C@H](CO)[C@@H](O)[C@H](O)[C@H]2O)[C@@H]1O. The minimum atomic E-state index is -2.01. The Morgan fingerprint density at radius 1 is 0.333 bits per heavy atom. The molecule has 5 saturated heterocycles. The van der Waals surface area contributed by atoms with Crippen LogP contribution in [0, 0.1) is 0 Å². The summed E-state index contributed by atoms with van der Waals surface area (Å²) in [6, 6.07) is 0. The Morgan fingerprint density at radius 3 is 1.11 bits per heavy atom. The standard InChI is InChI=1S/C31H54O26/c1-48-27-23(47)24(55-31-26(20(44)15(39)10(5-35)53-31)57-29-22(46)18(42)13(37)8(3-33)51-29)16(40)11(54-27)6-49-30-25(19(43)14(38)9(4-34)52-30)56-28-21(45)17(41)12(36)7(2-32)50-28/h7-47H,2-6H2,1H3/t7-,8-,9-,10-,11-,12-,13-,14-,15+,16-,17+,18+,19+,20-,21+,22-,23+,24+,25+,26+,27+,28-,29+,30+,31-/m1/s1. The fourth-order valence-corrected chi connectivity index (χ4v) is 7.06. The molecule has 0 radical (unpaired) electrons. The maximum absolute atomic E-state index is 11.5. The number of hydrogen-bond donors (Lipinski definition) is 16. The van der Waals surface area contributed by atoms with E-state index in [2.05, 4.69) is 0 Å². The summed E-state index contributed by atoms with van der Waals surface area (Å²) in [6.45, 7) is -4.19. The summed E-state index contributed by atoms with van der Waals surface area (Å²) in [5.41, 5.74) is 0. The number of methoxy groups -OCH3 is 1. The fourth-order valence-electron chi connectivity index (χ4n) is 7.06. The molecular weight excluding hydrogens is 788 g/mol. The van der Waals surface area contributed by atoms with Crippen LogP contribution in [0.4, 0.5) is 0 Å². The molecule has 5 fully saturated rings. The van der Waals surface area contributed by atoms with Gasteiger partial charge in [-0.15, -0.1) is 0 Å². The number of aliphatic hydroxyl groups is 16. The molecular formula is C31H54O26. The van der Waals surface area contributed by atoms with Gasteiger partial charge in [-0.2, -0.15) is 0 Å². The molecule has 5 aliphatic heterocycles. The van der Waals surface area contributed by atoms with Crippen LogP contribution in [0.5, 0.6) is 0 Å². The highest BCUT2D eigenvalue weighted by molar-refractivity contribution is 4.98. The maximum atomic E-state index is 11.5. The predicted molar refractivity (Wildman–Crippen MR) is 171 cm³/mol. The minimum Gasteiger partial charge on any atom is -0.394 e. The quantitative estimate of drug-likeness (QED) is 0.0772. The van der Waals surface area contributed by atoms with Gasteiger partial charge in [0.15, 0.2) is 31.5 Å². The van der Waals surface area contributed by atoms with E-state index in [0.29, 0.717) is 0 Å². The third kappa shape index (κ3) is 9.72. The van der Waals surface area contributed by atoms with Crippen molar-refractivity contribution in [2.45, 2.75) is 154 Å². The second kappa shape index (κ2) is 20.2. The normalized spacial score (nSPS) is 52.5. The van der Waals surface area contributed by atoms with E-state index < -0.39 is 187 Å². The van der Waals surface area contributed by atoms with Crippen molar-refractivity contribution in [2.75, 3.05) is 40.1 Å².